The van der Waals surface area contributed by atoms with Crippen molar-refractivity contribution in [2.75, 3.05) is 11.9 Å². The van der Waals surface area contributed by atoms with Crippen molar-refractivity contribution >= 4 is 22.7 Å². The maximum absolute atomic E-state index is 13.3. The van der Waals surface area contributed by atoms with E-state index in [1.165, 1.54) is 16.8 Å². The van der Waals surface area contributed by atoms with Crippen LogP contribution in [0.2, 0.25) is 0 Å². The van der Waals surface area contributed by atoms with E-state index in [1.54, 1.807) is 43.3 Å². The molecular weight excluding hydrogens is 389 g/mol. The number of hydrogen-bond acceptors (Lipinski definition) is 5. The zero-order chi connectivity index (χ0) is 21.3. The van der Waals surface area contributed by atoms with Gasteiger partial charge in [0, 0.05) is 23.6 Å². The molecule has 0 fully saturated rings. The Balaban J connectivity index is 1.72. The molecule has 0 bridgehead atoms. The topological polar surface area (TPSA) is 86.4 Å². The molecule has 152 valence electrons. The third kappa shape index (κ3) is 3.80. The molecule has 0 atom stereocenters. The Kier molecular flexibility index (Phi) is 5.05. The molecule has 0 saturated heterocycles. The summed E-state index contributed by atoms with van der Waals surface area (Å²) in [6.07, 6.45) is 0. The molecule has 1 N–H and O–H groups in total. The van der Waals surface area contributed by atoms with Gasteiger partial charge >= 0.3 is 5.63 Å². The lowest BCUT2D eigenvalue weighted by Crippen LogP contribution is -2.17. The van der Waals surface area contributed by atoms with E-state index in [0.29, 0.717) is 34.9 Å². The van der Waals surface area contributed by atoms with Crippen molar-refractivity contribution in [1.29, 1.82) is 0 Å². The molecule has 0 radical (unpaired) electrons. The van der Waals surface area contributed by atoms with E-state index < -0.39 is 11.5 Å². The predicted octanol–water partition coefficient (Wildman–Crippen LogP) is 4.08. The Morgan fingerprint density at radius 3 is 2.67 bits per heavy atom. The Hall–Kier alpha value is -3.94. The Morgan fingerprint density at radius 1 is 1.17 bits per heavy atom. The van der Waals surface area contributed by atoms with E-state index in [9.17, 15) is 14.0 Å². The summed E-state index contributed by atoms with van der Waals surface area (Å²) in [4.78, 5) is 25.0. The molecule has 2 aromatic heterocycles. The fourth-order valence-electron chi connectivity index (χ4n) is 3.14. The van der Waals surface area contributed by atoms with Gasteiger partial charge in [0.15, 0.2) is 0 Å². The van der Waals surface area contributed by atoms with Crippen LogP contribution >= 0.6 is 0 Å². The van der Waals surface area contributed by atoms with Gasteiger partial charge in [0.25, 0.3) is 5.91 Å². The van der Waals surface area contributed by atoms with Crippen LogP contribution < -0.4 is 15.7 Å². The number of rotatable bonds is 5. The zero-order valence-electron chi connectivity index (χ0n) is 16.3. The lowest BCUT2D eigenvalue weighted by molar-refractivity contribution is 0.102. The highest BCUT2D eigenvalue weighted by atomic mass is 19.1. The van der Waals surface area contributed by atoms with Crippen LogP contribution in [0.15, 0.2) is 63.8 Å². The van der Waals surface area contributed by atoms with Crippen LogP contribution in [0.5, 0.6) is 5.75 Å². The summed E-state index contributed by atoms with van der Waals surface area (Å²) in [6.45, 7) is 4.08. The van der Waals surface area contributed by atoms with Crippen LogP contribution in [0.1, 0.15) is 23.0 Å². The van der Waals surface area contributed by atoms with Crippen LogP contribution in [0.3, 0.4) is 0 Å². The first-order valence-corrected chi connectivity index (χ1v) is 9.29. The van der Waals surface area contributed by atoms with Gasteiger partial charge in [-0.1, -0.05) is 0 Å². The number of hydrogen-bond donors (Lipinski definition) is 1. The number of benzene rings is 2. The molecule has 4 aromatic rings. The average molecular weight is 407 g/mol. The van der Waals surface area contributed by atoms with Gasteiger partial charge in [-0.2, -0.15) is 5.10 Å². The van der Waals surface area contributed by atoms with Gasteiger partial charge in [-0.25, -0.2) is 13.9 Å². The smallest absolute Gasteiger partial charge is 0.337 e. The minimum absolute atomic E-state index is 0.161. The fourth-order valence-corrected chi connectivity index (χ4v) is 3.14. The second-order valence-electron chi connectivity index (χ2n) is 6.58. The number of nitrogens with one attached hydrogen (secondary N) is 1. The number of nitrogens with zero attached hydrogens (tertiary/aromatic N) is 2. The third-order valence-electron chi connectivity index (χ3n) is 4.42. The van der Waals surface area contributed by atoms with Crippen molar-refractivity contribution in [2.45, 2.75) is 13.8 Å². The van der Waals surface area contributed by atoms with Crippen molar-refractivity contribution in [3.05, 3.63) is 82.1 Å². The van der Waals surface area contributed by atoms with Gasteiger partial charge in [0.1, 0.15) is 23.0 Å². The number of amides is 1. The number of carbonyl (C=O) groups is 1. The number of aromatic nitrogens is 2. The number of carbonyl (C=O) groups excluding carboxylic acids is 1. The van der Waals surface area contributed by atoms with Gasteiger partial charge in [-0.05, 0) is 50.2 Å². The quantitative estimate of drug-likeness (QED) is 0.504. The molecule has 7 nitrogen and oxygen atoms in total. The first-order chi connectivity index (χ1) is 14.4. The fraction of sp³-hybridized carbons (Fsp3) is 0.136. The van der Waals surface area contributed by atoms with Gasteiger partial charge < -0.3 is 14.5 Å². The van der Waals surface area contributed by atoms with E-state index in [0.717, 1.165) is 6.07 Å². The van der Waals surface area contributed by atoms with E-state index in [-0.39, 0.29) is 17.0 Å². The normalized spacial score (nSPS) is 10.9. The monoisotopic (exact) mass is 407 g/mol. The number of anilines is 1. The third-order valence-corrected chi connectivity index (χ3v) is 4.42. The standard InChI is InChI=1S/C22H18FN3O4/c1-3-29-16-8-9-17-18(12-21(27)30-19(17)11-16)22(28)24-20-10-13(2)25-26(20)15-6-4-14(23)5-7-15/h4-12H,3H2,1-2H3,(H,24,28). The summed E-state index contributed by atoms with van der Waals surface area (Å²) in [6, 6.07) is 13.5. The van der Waals surface area contributed by atoms with Crippen molar-refractivity contribution < 1.29 is 18.3 Å². The second-order valence-corrected chi connectivity index (χ2v) is 6.58. The van der Waals surface area contributed by atoms with Crippen molar-refractivity contribution in [1.82, 2.24) is 9.78 Å². The molecule has 0 aliphatic carbocycles. The summed E-state index contributed by atoms with van der Waals surface area (Å²) in [5, 5.41) is 7.60. The number of fused-ring (bicyclic) bond motifs is 1. The minimum atomic E-state index is -0.649. The van der Waals surface area contributed by atoms with Crippen LogP contribution in [0.4, 0.5) is 10.2 Å². The molecule has 8 heteroatoms. The van der Waals surface area contributed by atoms with Crippen molar-refractivity contribution in [3.63, 3.8) is 0 Å². The molecule has 0 saturated carbocycles. The molecule has 4 rings (SSSR count). The summed E-state index contributed by atoms with van der Waals surface area (Å²) in [7, 11) is 0. The molecule has 0 aliphatic rings. The number of halogens is 1. The van der Waals surface area contributed by atoms with Crippen molar-refractivity contribution in [3.8, 4) is 11.4 Å². The van der Waals surface area contributed by atoms with Gasteiger partial charge in [-0.3, -0.25) is 4.79 Å². The van der Waals surface area contributed by atoms with Crippen LogP contribution in [0, 0.1) is 12.7 Å². The van der Waals surface area contributed by atoms with Gasteiger partial charge in [0.05, 0.1) is 23.6 Å². The lowest BCUT2D eigenvalue weighted by atomic mass is 10.1. The molecule has 1 amide bonds. The highest BCUT2D eigenvalue weighted by Crippen LogP contribution is 2.24. The van der Waals surface area contributed by atoms with Gasteiger partial charge in [0.2, 0.25) is 0 Å². The van der Waals surface area contributed by atoms with E-state index in [4.69, 9.17) is 9.15 Å². The molecule has 2 heterocycles. The first kappa shape index (κ1) is 19.4. The molecular formula is C22H18FN3O4. The highest BCUT2D eigenvalue weighted by molar-refractivity contribution is 6.11. The Labute approximate surface area is 170 Å². The predicted molar refractivity (Wildman–Crippen MR) is 110 cm³/mol. The van der Waals surface area contributed by atoms with Gasteiger partial charge in [-0.15, -0.1) is 0 Å². The Bertz CT molecular complexity index is 1290. The summed E-state index contributed by atoms with van der Waals surface area (Å²) < 4.78 is 25.4. The molecule has 0 spiro atoms. The molecule has 30 heavy (non-hydrogen) atoms. The molecule has 0 aliphatic heterocycles. The number of ether oxygens (including phenoxy) is 1. The van der Waals surface area contributed by atoms with Crippen molar-refractivity contribution in [2.24, 2.45) is 0 Å². The Morgan fingerprint density at radius 2 is 1.93 bits per heavy atom. The lowest BCUT2D eigenvalue weighted by Gasteiger charge is -2.10. The highest BCUT2D eigenvalue weighted by Gasteiger charge is 2.17. The van der Waals surface area contributed by atoms with E-state index in [2.05, 4.69) is 10.4 Å². The van der Waals surface area contributed by atoms with Crippen LogP contribution in [0.25, 0.3) is 16.7 Å². The second kappa shape index (κ2) is 7.82. The zero-order valence-corrected chi connectivity index (χ0v) is 16.3. The largest absolute Gasteiger partial charge is 0.494 e. The maximum atomic E-state index is 13.3. The molecule has 0 unspecified atom stereocenters. The van der Waals surface area contributed by atoms with Crippen LogP contribution in [-0.2, 0) is 0 Å². The SMILES string of the molecule is CCOc1ccc2c(C(=O)Nc3cc(C)nn3-c3ccc(F)cc3)cc(=O)oc2c1. The number of aryl methyl sites for hydroxylation is 1. The maximum Gasteiger partial charge on any atom is 0.337 e. The minimum Gasteiger partial charge on any atom is -0.494 e. The van der Waals surface area contributed by atoms with E-state index >= 15 is 0 Å². The summed E-state index contributed by atoms with van der Waals surface area (Å²) in [5.74, 6) is 0.0505. The first-order valence-electron chi connectivity index (χ1n) is 9.29. The molecule has 2 aromatic carbocycles. The van der Waals surface area contributed by atoms with Crippen LogP contribution in [-0.4, -0.2) is 22.3 Å². The average Bonchev–Trinajstić information content (AvgIpc) is 3.08. The summed E-state index contributed by atoms with van der Waals surface area (Å²) in [5.41, 5.74) is 1.01. The summed E-state index contributed by atoms with van der Waals surface area (Å²) >= 11 is 0. The van der Waals surface area contributed by atoms with E-state index in [1.807, 2.05) is 6.92 Å².